The van der Waals surface area contributed by atoms with E-state index < -0.39 is 17.2 Å². The van der Waals surface area contributed by atoms with Gasteiger partial charge in [0.25, 0.3) is 0 Å². The standard InChI is InChI=1S/C24H34F3N3O4/c1-29(20-5-10-34-15-21(20)33-2)18-3-6-23(12-18,7-9-31)22(32)30-8-4-19-16(14-30)11-17(13-28-19)24(25,26)27/h11,13,18,20-21,31H,3-10,12,14-15H2,1-2H3. The fraction of sp³-hybridized carbons (Fsp3) is 0.750. The van der Waals surface area contributed by atoms with Crippen molar-refractivity contribution >= 4 is 5.91 Å². The Balaban J connectivity index is 1.50. The van der Waals surface area contributed by atoms with Gasteiger partial charge in [0.1, 0.15) is 0 Å². The summed E-state index contributed by atoms with van der Waals surface area (Å²) in [6, 6.07) is 1.46. The number of hydrogen-bond acceptors (Lipinski definition) is 6. The van der Waals surface area contributed by atoms with E-state index in [-0.39, 0.29) is 37.2 Å². The maximum atomic E-state index is 13.8. The molecule has 1 aromatic heterocycles. The number of methoxy groups -OCH3 is 1. The third-order valence-corrected chi connectivity index (χ3v) is 7.95. The molecular weight excluding hydrogens is 451 g/mol. The topological polar surface area (TPSA) is 75.1 Å². The van der Waals surface area contributed by atoms with Crippen LogP contribution >= 0.6 is 0 Å². The average molecular weight is 486 g/mol. The van der Waals surface area contributed by atoms with Crippen molar-refractivity contribution in [3.05, 3.63) is 29.1 Å². The molecule has 2 fully saturated rings. The molecule has 34 heavy (non-hydrogen) atoms. The van der Waals surface area contributed by atoms with E-state index >= 15 is 0 Å². The first kappa shape index (κ1) is 25.3. The molecule has 3 aliphatic rings. The van der Waals surface area contributed by atoms with Crippen LogP contribution in [-0.4, -0.2) is 84.5 Å². The number of pyridine rings is 1. The zero-order chi connectivity index (χ0) is 24.5. The highest BCUT2D eigenvalue weighted by Crippen LogP contribution is 2.46. The minimum Gasteiger partial charge on any atom is -0.396 e. The maximum Gasteiger partial charge on any atom is 0.417 e. The number of nitrogens with zero attached hydrogens (tertiary/aromatic N) is 3. The van der Waals surface area contributed by atoms with Crippen LogP contribution in [-0.2, 0) is 33.4 Å². The lowest BCUT2D eigenvalue weighted by Gasteiger charge is -2.41. The Hall–Kier alpha value is -1.75. The van der Waals surface area contributed by atoms with Crippen LogP contribution in [0, 0.1) is 5.41 Å². The second-order valence-electron chi connectivity index (χ2n) is 9.83. The van der Waals surface area contributed by atoms with E-state index in [2.05, 4.69) is 16.9 Å². The lowest BCUT2D eigenvalue weighted by Crippen LogP contribution is -2.52. The Kier molecular flexibility index (Phi) is 7.52. The average Bonchev–Trinajstić information content (AvgIpc) is 3.27. The minimum atomic E-state index is -4.47. The molecule has 0 aromatic carbocycles. The van der Waals surface area contributed by atoms with E-state index in [1.807, 2.05) is 0 Å². The molecule has 1 saturated carbocycles. The molecule has 0 spiro atoms. The highest BCUT2D eigenvalue weighted by Gasteiger charge is 2.49. The van der Waals surface area contributed by atoms with Gasteiger partial charge in [-0.1, -0.05) is 0 Å². The fourth-order valence-electron chi connectivity index (χ4n) is 5.94. The smallest absolute Gasteiger partial charge is 0.396 e. The van der Waals surface area contributed by atoms with Crippen molar-refractivity contribution in [1.29, 1.82) is 0 Å². The number of carbonyl (C=O) groups excluding carboxylic acids is 1. The quantitative estimate of drug-likeness (QED) is 0.668. The van der Waals surface area contributed by atoms with Crippen LogP contribution in [0.25, 0.3) is 0 Å². The summed E-state index contributed by atoms with van der Waals surface area (Å²) in [5.74, 6) is -0.0734. The Morgan fingerprint density at radius 2 is 2.21 bits per heavy atom. The number of aliphatic hydroxyl groups excluding tert-OH is 1. The number of halogens is 3. The minimum absolute atomic E-state index is 0.0313. The van der Waals surface area contributed by atoms with Gasteiger partial charge in [0.15, 0.2) is 0 Å². The molecule has 7 nitrogen and oxygen atoms in total. The van der Waals surface area contributed by atoms with Gasteiger partial charge in [-0.2, -0.15) is 13.2 Å². The number of aliphatic hydroxyl groups is 1. The first-order valence-electron chi connectivity index (χ1n) is 12.0. The molecule has 2 aliphatic heterocycles. The monoisotopic (exact) mass is 485 g/mol. The molecule has 4 atom stereocenters. The van der Waals surface area contributed by atoms with Gasteiger partial charge in [0.05, 0.1) is 23.7 Å². The van der Waals surface area contributed by atoms with Crippen LogP contribution in [0.15, 0.2) is 12.3 Å². The summed E-state index contributed by atoms with van der Waals surface area (Å²) in [6.45, 7) is 1.64. The number of hydrogen-bond donors (Lipinski definition) is 1. The number of aromatic nitrogens is 1. The highest BCUT2D eigenvalue weighted by atomic mass is 19.4. The lowest BCUT2D eigenvalue weighted by molar-refractivity contribution is -0.144. The van der Waals surface area contributed by atoms with Gasteiger partial charge in [0, 0.05) is 63.8 Å². The summed E-state index contributed by atoms with van der Waals surface area (Å²) >= 11 is 0. The van der Waals surface area contributed by atoms with E-state index in [1.165, 1.54) is 0 Å². The predicted molar refractivity (Wildman–Crippen MR) is 118 cm³/mol. The predicted octanol–water partition coefficient (Wildman–Crippen LogP) is 2.64. The summed E-state index contributed by atoms with van der Waals surface area (Å²) in [7, 11) is 3.75. The molecule has 0 bridgehead atoms. The van der Waals surface area contributed by atoms with E-state index in [4.69, 9.17) is 9.47 Å². The molecule has 0 radical (unpaired) electrons. The van der Waals surface area contributed by atoms with Gasteiger partial charge in [-0.25, -0.2) is 0 Å². The van der Waals surface area contributed by atoms with Gasteiger partial charge >= 0.3 is 6.18 Å². The van der Waals surface area contributed by atoms with Crippen LogP contribution in [0.3, 0.4) is 0 Å². The van der Waals surface area contributed by atoms with Crippen molar-refractivity contribution in [3.8, 4) is 0 Å². The van der Waals surface area contributed by atoms with Crippen molar-refractivity contribution in [3.63, 3.8) is 0 Å². The molecule has 1 saturated heterocycles. The maximum absolute atomic E-state index is 13.8. The Morgan fingerprint density at radius 1 is 1.41 bits per heavy atom. The molecule has 1 aliphatic carbocycles. The van der Waals surface area contributed by atoms with E-state index in [1.54, 1.807) is 12.0 Å². The second kappa shape index (κ2) is 10.1. The summed E-state index contributed by atoms with van der Waals surface area (Å²) < 4.78 is 50.7. The van der Waals surface area contributed by atoms with Crippen molar-refractivity contribution < 1.29 is 32.5 Å². The van der Waals surface area contributed by atoms with E-state index in [0.29, 0.717) is 56.7 Å². The SMILES string of the molecule is COC1COCCC1N(C)C1CCC(CCO)(C(=O)N2CCc3ncc(C(F)(F)F)cc3C2)C1. The normalized spacial score (nSPS) is 30.0. The van der Waals surface area contributed by atoms with Gasteiger partial charge in [0.2, 0.25) is 5.91 Å². The summed E-state index contributed by atoms with van der Waals surface area (Å²) in [6.07, 6.45) is 0.0651. The lowest BCUT2D eigenvalue weighted by atomic mass is 9.80. The molecular formula is C24H34F3N3O4. The summed E-state index contributed by atoms with van der Waals surface area (Å²) in [5, 5.41) is 9.82. The van der Waals surface area contributed by atoms with Crippen molar-refractivity contribution in [2.45, 2.75) is 69.4 Å². The van der Waals surface area contributed by atoms with Crippen LogP contribution in [0.1, 0.15) is 48.9 Å². The fourth-order valence-corrected chi connectivity index (χ4v) is 5.94. The van der Waals surface area contributed by atoms with Gasteiger partial charge < -0.3 is 19.5 Å². The first-order chi connectivity index (χ1) is 16.2. The highest BCUT2D eigenvalue weighted by molar-refractivity contribution is 5.83. The van der Waals surface area contributed by atoms with Crippen molar-refractivity contribution in [2.24, 2.45) is 5.41 Å². The van der Waals surface area contributed by atoms with Gasteiger partial charge in [-0.3, -0.25) is 14.7 Å². The van der Waals surface area contributed by atoms with Gasteiger partial charge in [-0.15, -0.1) is 0 Å². The van der Waals surface area contributed by atoms with Crippen LogP contribution in [0.2, 0.25) is 0 Å². The second-order valence-corrected chi connectivity index (χ2v) is 9.83. The number of amides is 1. The molecule has 1 N–H and O–H groups in total. The first-order valence-corrected chi connectivity index (χ1v) is 12.0. The largest absolute Gasteiger partial charge is 0.417 e. The third kappa shape index (κ3) is 4.96. The van der Waals surface area contributed by atoms with E-state index in [9.17, 15) is 23.1 Å². The summed E-state index contributed by atoms with van der Waals surface area (Å²) in [5.41, 5.74) is -0.446. The molecule has 190 valence electrons. The zero-order valence-corrected chi connectivity index (χ0v) is 19.8. The van der Waals surface area contributed by atoms with E-state index in [0.717, 1.165) is 25.1 Å². The summed E-state index contributed by atoms with van der Waals surface area (Å²) in [4.78, 5) is 21.7. The number of carbonyl (C=O) groups is 1. The molecule has 1 aromatic rings. The Labute approximate surface area is 198 Å². The third-order valence-electron chi connectivity index (χ3n) is 7.95. The number of ether oxygens (including phenoxy) is 2. The molecule has 1 amide bonds. The molecule has 4 unspecified atom stereocenters. The molecule has 3 heterocycles. The Morgan fingerprint density at radius 3 is 2.91 bits per heavy atom. The number of alkyl halides is 3. The van der Waals surface area contributed by atoms with Crippen LogP contribution in [0.5, 0.6) is 0 Å². The van der Waals surface area contributed by atoms with Crippen LogP contribution < -0.4 is 0 Å². The molecule has 4 rings (SSSR count). The number of rotatable bonds is 6. The zero-order valence-electron chi connectivity index (χ0n) is 19.8. The number of likely N-dealkylation sites (N-methyl/N-ethyl adjacent to an activating group) is 1. The molecule has 10 heteroatoms. The van der Waals surface area contributed by atoms with Crippen molar-refractivity contribution in [2.75, 3.05) is 40.5 Å². The van der Waals surface area contributed by atoms with Gasteiger partial charge in [-0.05, 0) is 50.8 Å². The number of fused-ring (bicyclic) bond motifs is 1. The van der Waals surface area contributed by atoms with Crippen molar-refractivity contribution in [1.82, 2.24) is 14.8 Å². The van der Waals surface area contributed by atoms with Crippen LogP contribution in [0.4, 0.5) is 13.2 Å². The Bertz CT molecular complexity index is 884.